The van der Waals surface area contributed by atoms with Gasteiger partial charge in [0.1, 0.15) is 0 Å². The zero-order valence-corrected chi connectivity index (χ0v) is 10.5. The van der Waals surface area contributed by atoms with Crippen LogP contribution in [0, 0.1) is 0 Å². The summed E-state index contributed by atoms with van der Waals surface area (Å²) >= 11 is 0. The molecule has 0 spiro atoms. The van der Waals surface area contributed by atoms with Gasteiger partial charge in [0, 0.05) is 0 Å². The van der Waals surface area contributed by atoms with Crippen molar-refractivity contribution in [3.05, 3.63) is 97.1 Å². The van der Waals surface area contributed by atoms with Crippen molar-refractivity contribution in [2.75, 3.05) is 0 Å². The highest BCUT2D eigenvalue weighted by Crippen LogP contribution is 2.10. The zero-order valence-electron chi connectivity index (χ0n) is 10.5. The normalized spacial score (nSPS) is 10.2. The van der Waals surface area contributed by atoms with E-state index >= 15 is 0 Å². The van der Waals surface area contributed by atoms with Crippen molar-refractivity contribution in [2.24, 2.45) is 0 Å². The molecule has 0 fully saturated rings. The standard InChI is InChI=1S/C18H18/c1-3-5-13-17-15-11-9-7-8-10-12-16-18(17)14-6-4-2/h3-16H,1-2H2/b8-7?,9-7?,10-8?,11-9?,12-10?,13-5-,14-6-,15-11?,16-12?,17-15?,18-16?,18-17?. The van der Waals surface area contributed by atoms with Crippen LogP contribution in [-0.2, 0) is 0 Å². The summed E-state index contributed by atoms with van der Waals surface area (Å²) in [6.07, 6.45) is 11.5. The van der Waals surface area contributed by atoms with Crippen LogP contribution in [0.1, 0.15) is 11.1 Å². The Kier molecular flexibility index (Phi) is 6.69. The molecule has 0 saturated heterocycles. The van der Waals surface area contributed by atoms with E-state index in [1.54, 1.807) is 12.2 Å². The molecule has 0 nitrogen and oxygen atoms in total. The van der Waals surface area contributed by atoms with Gasteiger partial charge in [-0.15, -0.1) is 0 Å². The number of allylic oxidation sites excluding steroid dienone is 4. The van der Waals surface area contributed by atoms with Crippen LogP contribution < -0.4 is 0 Å². The lowest BCUT2D eigenvalue weighted by Crippen LogP contribution is -1.75. The molecule has 0 unspecified atom stereocenters. The molecule has 0 saturated carbocycles. The predicted molar refractivity (Wildman–Crippen MR) is 82.5 cm³/mol. The Balaban J connectivity index is 3.40. The van der Waals surface area contributed by atoms with Crippen LogP contribution in [0.5, 0.6) is 0 Å². The summed E-state index contributed by atoms with van der Waals surface area (Å²) in [5.41, 5.74) is 2.26. The van der Waals surface area contributed by atoms with Gasteiger partial charge in [0.15, 0.2) is 0 Å². The quantitative estimate of drug-likeness (QED) is 0.627. The van der Waals surface area contributed by atoms with Gasteiger partial charge in [-0.3, -0.25) is 0 Å². The van der Waals surface area contributed by atoms with Crippen LogP contribution in [0.3, 0.4) is 0 Å². The SMILES string of the molecule is C=C/C=C\c1ccccccccc1/C=C\C=C. The van der Waals surface area contributed by atoms with Crippen molar-refractivity contribution in [3.8, 4) is 0 Å². The molecule has 0 aromatic heterocycles. The first-order valence-electron chi connectivity index (χ1n) is 5.89. The minimum Gasteiger partial charge on any atom is -0.0991 e. The van der Waals surface area contributed by atoms with E-state index in [1.807, 2.05) is 60.7 Å². The van der Waals surface area contributed by atoms with Crippen molar-refractivity contribution < 1.29 is 0 Å². The first-order chi connectivity index (χ1) is 8.88. The maximum Gasteiger partial charge on any atom is -0.0184 e. The van der Waals surface area contributed by atoms with Crippen LogP contribution in [0.15, 0.2) is 86.0 Å². The molecule has 0 aliphatic heterocycles. The first kappa shape index (κ1) is 13.7. The Hall–Kier alpha value is -2.34. The van der Waals surface area contributed by atoms with Gasteiger partial charge >= 0.3 is 0 Å². The Morgan fingerprint density at radius 1 is 0.611 bits per heavy atom. The second kappa shape index (κ2) is 8.77. The lowest BCUT2D eigenvalue weighted by atomic mass is 10.1. The first-order valence-corrected chi connectivity index (χ1v) is 5.89. The fourth-order valence-corrected chi connectivity index (χ4v) is 1.41. The highest BCUT2D eigenvalue weighted by Gasteiger charge is 1.89. The molecule has 0 bridgehead atoms. The smallest absolute Gasteiger partial charge is 0.0184 e. The molecule has 0 aliphatic carbocycles. The van der Waals surface area contributed by atoms with Gasteiger partial charge in [-0.25, -0.2) is 0 Å². The van der Waals surface area contributed by atoms with E-state index in [9.17, 15) is 0 Å². The predicted octanol–water partition coefficient (Wildman–Crippen LogP) is 5.21. The minimum atomic E-state index is 1.13. The van der Waals surface area contributed by atoms with E-state index in [-0.39, 0.29) is 0 Å². The Bertz CT molecular complexity index is 456. The Morgan fingerprint density at radius 3 is 1.39 bits per heavy atom. The molecule has 0 amide bonds. The molecule has 1 aromatic carbocycles. The Morgan fingerprint density at radius 2 is 1.00 bits per heavy atom. The van der Waals surface area contributed by atoms with Crippen molar-refractivity contribution in [3.63, 3.8) is 0 Å². The molecule has 0 heteroatoms. The summed E-state index contributed by atoms with van der Waals surface area (Å²) in [5.74, 6) is 0. The van der Waals surface area contributed by atoms with Crippen molar-refractivity contribution >= 4 is 12.2 Å². The van der Waals surface area contributed by atoms with Gasteiger partial charge in [0.25, 0.3) is 0 Å². The van der Waals surface area contributed by atoms with Crippen molar-refractivity contribution in [2.45, 2.75) is 0 Å². The number of rotatable bonds is 4. The molecular weight excluding hydrogens is 216 g/mol. The van der Waals surface area contributed by atoms with Gasteiger partial charge < -0.3 is 0 Å². The van der Waals surface area contributed by atoms with Crippen LogP contribution in [-0.4, -0.2) is 0 Å². The third kappa shape index (κ3) is 5.13. The summed E-state index contributed by atoms with van der Waals surface area (Å²) in [4.78, 5) is 0. The van der Waals surface area contributed by atoms with E-state index in [0.29, 0.717) is 0 Å². The van der Waals surface area contributed by atoms with Crippen molar-refractivity contribution in [1.82, 2.24) is 0 Å². The molecule has 0 heterocycles. The molecule has 0 N–H and O–H groups in total. The molecule has 1 aromatic rings. The summed E-state index contributed by atoms with van der Waals surface area (Å²) in [6, 6.07) is 16.2. The largest absolute Gasteiger partial charge is 0.0991 e. The average molecular weight is 234 g/mol. The molecule has 0 radical (unpaired) electrons. The van der Waals surface area contributed by atoms with E-state index in [0.717, 1.165) is 11.1 Å². The second-order valence-electron chi connectivity index (χ2n) is 3.59. The van der Waals surface area contributed by atoms with Gasteiger partial charge in [-0.05, 0) is 11.1 Å². The monoisotopic (exact) mass is 234 g/mol. The third-order valence-corrected chi connectivity index (χ3v) is 2.26. The van der Waals surface area contributed by atoms with Crippen molar-refractivity contribution in [1.29, 1.82) is 0 Å². The fourth-order valence-electron chi connectivity index (χ4n) is 1.41. The molecule has 0 atom stereocenters. The van der Waals surface area contributed by atoms with Gasteiger partial charge in [0.05, 0.1) is 0 Å². The Labute approximate surface area is 110 Å². The van der Waals surface area contributed by atoms with Crippen LogP contribution in [0.4, 0.5) is 0 Å². The van der Waals surface area contributed by atoms with E-state index in [1.165, 1.54) is 0 Å². The lowest BCUT2D eigenvalue weighted by molar-refractivity contribution is 1.63. The van der Waals surface area contributed by atoms with E-state index in [4.69, 9.17) is 0 Å². The zero-order chi connectivity index (χ0) is 13.1. The number of hydrogen-bond donors (Lipinski definition) is 0. The second-order valence-corrected chi connectivity index (χ2v) is 3.59. The highest BCUT2D eigenvalue weighted by atomic mass is 13.9. The summed E-state index contributed by atoms with van der Waals surface area (Å²) < 4.78 is 0. The fraction of sp³-hybridized carbons (Fsp3) is 0. The molecular formula is C18H18. The summed E-state index contributed by atoms with van der Waals surface area (Å²) in [7, 11) is 0. The van der Waals surface area contributed by atoms with Crippen LogP contribution in [0.2, 0.25) is 0 Å². The highest BCUT2D eigenvalue weighted by molar-refractivity contribution is 5.65. The maximum absolute atomic E-state index is 3.70. The molecule has 1 rings (SSSR count). The van der Waals surface area contributed by atoms with Crippen LogP contribution in [0.25, 0.3) is 12.2 Å². The minimum absolute atomic E-state index is 1.13. The summed E-state index contributed by atoms with van der Waals surface area (Å²) in [6.45, 7) is 7.39. The van der Waals surface area contributed by atoms with E-state index in [2.05, 4.69) is 25.3 Å². The lowest BCUT2D eigenvalue weighted by Gasteiger charge is -1.96. The third-order valence-electron chi connectivity index (χ3n) is 2.26. The molecule has 18 heavy (non-hydrogen) atoms. The summed E-state index contributed by atoms with van der Waals surface area (Å²) in [5, 5.41) is 0. The molecule has 90 valence electrons. The van der Waals surface area contributed by atoms with E-state index < -0.39 is 0 Å². The molecule has 0 aliphatic rings. The van der Waals surface area contributed by atoms with Gasteiger partial charge in [-0.2, -0.15) is 0 Å². The maximum atomic E-state index is 3.70. The number of hydrogen-bond acceptors (Lipinski definition) is 0. The van der Waals surface area contributed by atoms with Crippen LogP contribution >= 0.6 is 0 Å². The average Bonchev–Trinajstić information content (AvgIpc) is 2.40. The van der Waals surface area contributed by atoms with Gasteiger partial charge in [0.2, 0.25) is 0 Å². The topological polar surface area (TPSA) is 0 Å². The van der Waals surface area contributed by atoms with Gasteiger partial charge in [-0.1, -0.05) is 98.1 Å².